The number of nitrogens with zero attached hydrogens (tertiary/aromatic N) is 5. The van der Waals surface area contributed by atoms with E-state index < -0.39 is 0 Å². The van der Waals surface area contributed by atoms with Gasteiger partial charge in [-0.2, -0.15) is 0 Å². The Morgan fingerprint density at radius 2 is 1.97 bits per heavy atom. The number of aromatic nitrogens is 4. The van der Waals surface area contributed by atoms with Gasteiger partial charge in [0.1, 0.15) is 17.8 Å². The van der Waals surface area contributed by atoms with Crippen molar-refractivity contribution in [1.82, 2.24) is 29.9 Å². The first-order valence-electron chi connectivity index (χ1n) is 11.5. The predicted octanol–water partition coefficient (Wildman–Crippen LogP) is 3.65. The molecule has 11 nitrogen and oxygen atoms in total. The molecule has 5 rings (SSSR count). The highest BCUT2D eigenvalue weighted by atomic mass is 16.5. The van der Waals surface area contributed by atoms with Crippen LogP contribution in [0.15, 0.2) is 47.4 Å². The summed E-state index contributed by atoms with van der Waals surface area (Å²) in [5, 5.41) is 10.2. The molecule has 0 radical (unpaired) electrons. The number of hydrogen-bond acceptors (Lipinski definition) is 8. The molecule has 2 N–H and O–H groups in total. The third kappa shape index (κ3) is 4.65. The maximum absolute atomic E-state index is 12.9. The van der Waals surface area contributed by atoms with Crippen molar-refractivity contribution in [2.24, 2.45) is 0 Å². The van der Waals surface area contributed by atoms with Gasteiger partial charge in [-0.3, -0.25) is 19.6 Å². The number of likely N-dealkylation sites (N-methyl/N-ethyl adjacent to an activating group) is 1. The zero-order valence-electron chi connectivity index (χ0n) is 20.5. The van der Waals surface area contributed by atoms with Gasteiger partial charge in [0.25, 0.3) is 0 Å². The predicted molar refractivity (Wildman–Crippen MR) is 132 cm³/mol. The molecule has 0 unspecified atom stereocenters. The molecule has 186 valence electrons. The normalized spacial score (nSPS) is 13.6. The molecule has 11 heteroatoms. The number of carbonyl (C=O) groups excluding carboxylic acids is 2. The minimum absolute atomic E-state index is 0.0598. The van der Waals surface area contributed by atoms with E-state index in [1.54, 1.807) is 25.4 Å². The smallest absolute Gasteiger partial charge is 0.331 e. The van der Waals surface area contributed by atoms with Crippen LogP contribution in [0.1, 0.15) is 37.8 Å². The number of ether oxygens (including phenoxy) is 1. The lowest BCUT2D eigenvalue weighted by molar-refractivity contribution is -0.121. The first-order valence-corrected chi connectivity index (χ1v) is 11.5. The minimum atomic E-state index is -0.350. The highest BCUT2D eigenvalue weighted by Crippen LogP contribution is 2.32. The van der Waals surface area contributed by atoms with Gasteiger partial charge in [0, 0.05) is 43.2 Å². The number of rotatable bonds is 5. The number of nitrogens with one attached hydrogen (secondary N) is 2. The van der Waals surface area contributed by atoms with Crippen LogP contribution in [0.4, 0.5) is 10.6 Å². The van der Waals surface area contributed by atoms with Crippen molar-refractivity contribution in [2.75, 3.05) is 18.9 Å². The minimum Gasteiger partial charge on any atom is -0.439 e. The Kier molecular flexibility index (Phi) is 5.92. The zero-order chi connectivity index (χ0) is 25.4. The number of hydrogen-bond donors (Lipinski definition) is 2. The SMILES string of the molecule is CNC(=O)CN1Cc2ncnc(Oc3ccc4c(ccn4C(=O)Nc4cc(C(C)(C)C)on4)c3)c2C1. The van der Waals surface area contributed by atoms with Crippen molar-refractivity contribution in [3.63, 3.8) is 0 Å². The lowest BCUT2D eigenvalue weighted by atomic mass is 9.93. The molecule has 4 aromatic rings. The second-order valence-corrected chi connectivity index (χ2v) is 9.69. The monoisotopic (exact) mass is 489 g/mol. The van der Waals surface area contributed by atoms with Crippen LogP contribution in [-0.4, -0.2) is 50.1 Å². The summed E-state index contributed by atoms with van der Waals surface area (Å²) in [5.74, 6) is 2.02. The number of amides is 2. The van der Waals surface area contributed by atoms with Crippen molar-refractivity contribution in [3.8, 4) is 11.6 Å². The molecular weight excluding hydrogens is 462 g/mol. The lowest BCUT2D eigenvalue weighted by Crippen LogP contribution is -2.32. The van der Waals surface area contributed by atoms with Gasteiger partial charge in [0.15, 0.2) is 5.82 Å². The van der Waals surface area contributed by atoms with Crippen molar-refractivity contribution in [1.29, 1.82) is 0 Å². The van der Waals surface area contributed by atoms with Crippen molar-refractivity contribution < 1.29 is 18.8 Å². The summed E-state index contributed by atoms with van der Waals surface area (Å²) >= 11 is 0. The van der Waals surface area contributed by atoms with Gasteiger partial charge in [-0.25, -0.2) is 14.8 Å². The van der Waals surface area contributed by atoms with Crippen molar-refractivity contribution in [2.45, 2.75) is 39.3 Å². The Hall–Kier alpha value is -4.25. The van der Waals surface area contributed by atoms with Crippen molar-refractivity contribution >= 4 is 28.7 Å². The molecule has 1 aliphatic heterocycles. The van der Waals surface area contributed by atoms with Crippen LogP contribution in [-0.2, 0) is 23.3 Å². The van der Waals surface area contributed by atoms with Gasteiger partial charge in [0.05, 0.1) is 23.3 Å². The van der Waals surface area contributed by atoms with E-state index in [2.05, 4.69) is 25.8 Å². The van der Waals surface area contributed by atoms with Gasteiger partial charge in [-0.15, -0.1) is 0 Å². The second-order valence-electron chi connectivity index (χ2n) is 9.69. The van der Waals surface area contributed by atoms with Crippen LogP contribution < -0.4 is 15.4 Å². The van der Waals surface area contributed by atoms with E-state index in [9.17, 15) is 9.59 Å². The molecule has 2 amide bonds. The molecular formula is C25H27N7O4. The molecule has 0 bridgehead atoms. The Bertz CT molecular complexity index is 1450. The molecule has 1 aromatic carbocycles. The van der Waals surface area contributed by atoms with Gasteiger partial charge in [-0.05, 0) is 24.3 Å². The Morgan fingerprint density at radius 3 is 2.72 bits per heavy atom. The van der Waals surface area contributed by atoms with Crippen LogP contribution in [0.3, 0.4) is 0 Å². The standard InChI is InChI=1S/C25H27N7O4/c1-25(2,3)20-10-21(30-36-20)29-24(34)32-8-7-15-9-16(5-6-19(15)32)35-23-17-11-31(13-22(33)26-4)12-18(17)27-14-28-23/h5-10,14H,11-13H2,1-4H3,(H,26,33)(H,29,30,34). The van der Waals surface area contributed by atoms with Crippen LogP contribution in [0.5, 0.6) is 11.6 Å². The fraction of sp³-hybridized carbons (Fsp3) is 0.320. The quantitative estimate of drug-likeness (QED) is 0.435. The van der Waals surface area contributed by atoms with Gasteiger partial charge in [-0.1, -0.05) is 25.9 Å². The van der Waals surface area contributed by atoms with Crippen LogP contribution in [0, 0.1) is 0 Å². The van der Waals surface area contributed by atoms with E-state index in [1.807, 2.05) is 43.9 Å². The van der Waals surface area contributed by atoms with E-state index in [-0.39, 0.29) is 23.9 Å². The summed E-state index contributed by atoms with van der Waals surface area (Å²) in [6, 6.07) is 8.65. The third-order valence-electron chi connectivity index (χ3n) is 5.98. The summed E-state index contributed by atoms with van der Waals surface area (Å²) in [5.41, 5.74) is 2.21. The highest BCUT2D eigenvalue weighted by Gasteiger charge is 2.26. The lowest BCUT2D eigenvalue weighted by Gasteiger charge is -2.13. The van der Waals surface area contributed by atoms with E-state index >= 15 is 0 Å². The van der Waals surface area contributed by atoms with E-state index in [4.69, 9.17) is 9.26 Å². The first kappa shape index (κ1) is 23.5. The van der Waals surface area contributed by atoms with E-state index in [1.165, 1.54) is 10.9 Å². The molecule has 3 aromatic heterocycles. The third-order valence-corrected chi connectivity index (χ3v) is 5.98. The Labute approximate surface area is 207 Å². The number of anilines is 1. The maximum atomic E-state index is 12.9. The molecule has 36 heavy (non-hydrogen) atoms. The Morgan fingerprint density at radius 1 is 1.14 bits per heavy atom. The first-order chi connectivity index (χ1) is 17.2. The summed E-state index contributed by atoms with van der Waals surface area (Å²) in [6.07, 6.45) is 3.15. The topological polar surface area (TPSA) is 127 Å². The number of benzene rings is 1. The van der Waals surface area contributed by atoms with Gasteiger partial charge in [0.2, 0.25) is 11.8 Å². The van der Waals surface area contributed by atoms with Crippen LogP contribution in [0.2, 0.25) is 0 Å². The fourth-order valence-corrected chi connectivity index (χ4v) is 4.03. The summed E-state index contributed by atoms with van der Waals surface area (Å²) in [4.78, 5) is 35.3. The van der Waals surface area contributed by atoms with E-state index in [0.29, 0.717) is 41.8 Å². The zero-order valence-corrected chi connectivity index (χ0v) is 20.5. The van der Waals surface area contributed by atoms with Crippen LogP contribution >= 0.6 is 0 Å². The molecule has 4 heterocycles. The molecule has 0 fully saturated rings. The van der Waals surface area contributed by atoms with Gasteiger partial charge < -0.3 is 14.6 Å². The molecule has 0 aliphatic carbocycles. The summed E-state index contributed by atoms with van der Waals surface area (Å²) < 4.78 is 12.9. The second kappa shape index (κ2) is 9.08. The molecule has 0 spiro atoms. The molecule has 0 atom stereocenters. The molecule has 1 aliphatic rings. The largest absolute Gasteiger partial charge is 0.439 e. The molecule has 0 saturated heterocycles. The maximum Gasteiger partial charge on any atom is 0.331 e. The van der Waals surface area contributed by atoms with Crippen LogP contribution in [0.25, 0.3) is 10.9 Å². The van der Waals surface area contributed by atoms with E-state index in [0.717, 1.165) is 16.6 Å². The van der Waals surface area contributed by atoms with Crippen molar-refractivity contribution in [3.05, 3.63) is 59.9 Å². The van der Waals surface area contributed by atoms with Gasteiger partial charge >= 0.3 is 6.03 Å². The summed E-state index contributed by atoms with van der Waals surface area (Å²) in [6.45, 7) is 7.39. The average molecular weight is 490 g/mol. The fourth-order valence-electron chi connectivity index (χ4n) is 4.03. The highest BCUT2D eigenvalue weighted by molar-refractivity contribution is 5.98. The Balaban J connectivity index is 1.32. The number of carbonyl (C=O) groups is 2. The molecule has 0 saturated carbocycles. The average Bonchev–Trinajstić information content (AvgIpc) is 3.56. The summed E-state index contributed by atoms with van der Waals surface area (Å²) in [7, 11) is 1.62. The number of fused-ring (bicyclic) bond motifs is 2.